The van der Waals surface area contributed by atoms with E-state index in [0.29, 0.717) is 16.8 Å². The fraction of sp³-hybridized carbons (Fsp3) is 0.750. The molecule has 0 unspecified atom stereocenters. The van der Waals surface area contributed by atoms with Crippen molar-refractivity contribution in [1.82, 2.24) is 10.2 Å². The summed E-state index contributed by atoms with van der Waals surface area (Å²) in [7, 11) is 0. The van der Waals surface area contributed by atoms with E-state index in [2.05, 4.69) is 50.1 Å². The maximum atomic E-state index is 11.7. The van der Waals surface area contributed by atoms with Crippen molar-refractivity contribution in [2.45, 2.75) is 45.8 Å². The second kappa shape index (κ2) is 6.52. The first-order valence-corrected chi connectivity index (χ1v) is 7.82. The highest BCUT2D eigenvalue weighted by atomic mass is 32.2. The molecule has 0 aliphatic rings. The fourth-order valence-electron chi connectivity index (χ4n) is 1.17. The van der Waals surface area contributed by atoms with E-state index in [1.807, 2.05) is 0 Å². The van der Waals surface area contributed by atoms with Gasteiger partial charge in [0.05, 0.1) is 5.75 Å². The normalized spacial score (nSPS) is 11.9. The summed E-state index contributed by atoms with van der Waals surface area (Å²) in [6.45, 7) is 10.6. The summed E-state index contributed by atoms with van der Waals surface area (Å²) in [5.41, 5.74) is 0. The van der Waals surface area contributed by atoms with Crippen molar-refractivity contribution in [1.29, 1.82) is 0 Å². The molecule has 1 aromatic heterocycles. The van der Waals surface area contributed by atoms with Gasteiger partial charge >= 0.3 is 0 Å². The molecule has 0 aliphatic heterocycles. The molecule has 0 radical (unpaired) electrons. The highest BCUT2D eigenvalue weighted by Gasteiger charge is 2.14. The van der Waals surface area contributed by atoms with Gasteiger partial charge in [-0.25, -0.2) is 0 Å². The van der Waals surface area contributed by atoms with E-state index in [9.17, 15) is 4.79 Å². The molecule has 0 bridgehead atoms. The lowest BCUT2D eigenvalue weighted by molar-refractivity contribution is -0.113. The third kappa shape index (κ3) is 6.35. The predicted octanol–water partition coefficient (Wildman–Crippen LogP) is 3.21. The molecular weight excluding hydrogens is 266 g/mol. The van der Waals surface area contributed by atoms with Crippen LogP contribution >= 0.6 is 23.1 Å². The van der Waals surface area contributed by atoms with Gasteiger partial charge < -0.3 is 0 Å². The molecule has 0 fully saturated rings. The topological polar surface area (TPSA) is 54.9 Å². The zero-order valence-corrected chi connectivity index (χ0v) is 13.2. The highest BCUT2D eigenvalue weighted by molar-refractivity contribution is 8.01. The quantitative estimate of drug-likeness (QED) is 0.903. The molecule has 6 heteroatoms. The maximum absolute atomic E-state index is 11.7. The number of hydrogen-bond acceptors (Lipinski definition) is 5. The van der Waals surface area contributed by atoms with Crippen LogP contribution in [0.15, 0.2) is 0 Å². The second-order valence-corrected chi connectivity index (χ2v) is 8.41. The van der Waals surface area contributed by atoms with E-state index in [-0.39, 0.29) is 10.7 Å². The molecule has 0 aliphatic carbocycles. The first kappa shape index (κ1) is 15.4. The molecular formula is C12H21N3OS2. The number of nitrogens with one attached hydrogen (secondary N) is 1. The molecule has 18 heavy (non-hydrogen) atoms. The molecule has 0 aromatic carbocycles. The third-order valence-corrected chi connectivity index (χ3v) is 4.07. The lowest BCUT2D eigenvalue weighted by Gasteiger charge is -2.16. The number of anilines is 1. The van der Waals surface area contributed by atoms with E-state index >= 15 is 0 Å². The van der Waals surface area contributed by atoms with Gasteiger partial charge in [-0.2, -0.15) is 0 Å². The van der Waals surface area contributed by atoms with Gasteiger partial charge in [-0.1, -0.05) is 46.0 Å². The van der Waals surface area contributed by atoms with Crippen LogP contribution in [0.4, 0.5) is 5.13 Å². The highest BCUT2D eigenvalue weighted by Crippen LogP contribution is 2.23. The summed E-state index contributed by atoms with van der Waals surface area (Å²) in [5.74, 6) is 0.989. The van der Waals surface area contributed by atoms with Crippen molar-refractivity contribution >= 4 is 34.1 Å². The Kier molecular flexibility index (Phi) is 5.59. The number of carbonyl (C=O) groups excluding carboxylic acids is 1. The lowest BCUT2D eigenvalue weighted by Crippen LogP contribution is -2.18. The Morgan fingerprint density at radius 1 is 1.39 bits per heavy atom. The van der Waals surface area contributed by atoms with Crippen molar-refractivity contribution in [2.75, 3.05) is 11.1 Å². The van der Waals surface area contributed by atoms with Gasteiger partial charge in [0.1, 0.15) is 5.01 Å². The van der Waals surface area contributed by atoms with Gasteiger partial charge in [0.25, 0.3) is 0 Å². The second-order valence-electron chi connectivity index (χ2n) is 5.55. The fourth-order valence-corrected chi connectivity index (χ4v) is 2.78. The lowest BCUT2D eigenvalue weighted by atomic mass is 10.1. The molecule has 1 amide bonds. The minimum Gasteiger partial charge on any atom is -0.300 e. The first-order valence-electron chi connectivity index (χ1n) is 6.02. The Bertz CT molecular complexity index is 396. The Balaban J connectivity index is 2.42. The zero-order valence-electron chi connectivity index (χ0n) is 11.6. The molecule has 0 atom stereocenters. The van der Waals surface area contributed by atoms with Crippen molar-refractivity contribution < 1.29 is 4.79 Å². The number of carbonyl (C=O) groups is 1. The van der Waals surface area contributed by atoms with E-state index < -0.39 is 0 Å². The number of rotatable bonds is 5. The van der Waals surface area contributed by atoms with Crippen LogP contribution in [0.1, 0.15) is 39.6 Å². The van der Waals surface area contributed by atoms with Crippen LogP contribution in [0.5, 0.6) is 0 Å². The summed E-state index contributed by atoms with van der Waals surface area (Å²) in [6, 6.07) is 0. The largest absolute Gasteiger partial charge is 0.300 e. The summed E-state index contributed by atoms with van der Waals surface area (Å²) in [5, 5.41) is 12.4. The van der Waals surface area contributed by atoms with Crippen LogP contribution in [0.25, 0.3) is 0 Å². The van der Waals surface area contributed by atoms with E-state index in [1.54, 1.807) is 11.8 Å². The van der Waals surface area contributed by atoms with Crippen LogP contribution in [-0.2, 0) is 11.2 Å². The number of aromatic nitrogens is 2. The zero-order chi connectivity index (χ0) is 13.8. The average Bonchev–Trinajstić information content (AvgIpc) is 2.60. The minimum absolute atomic E-state index is 0.0119. The molecule has 0 saturated heterocycles. The minimum atomic E-state index is -0.0119. The third-order valence-electron chi connectivity index (χ3n) is 1.93. The molecule has 1 rings (SSSR count). The van der Waals surface area contributed by atoms with Gasteiger partial charge in [-0.3, -0.25) is 10.1 Å². The number of nitrogens with zero attached hydrogens (tertiary/aromatic N) is 2. The standard InChI is InChI=1S/C12H21N3OS2/c1-8(2)6-10-14-15-11(18-10)13-9(16)7-17-12(3,4)5/h8H,6-7H2,1-5H3,(H,13,15,16). The van der Waals surface area contributed by atoms with Crippen molar-refractivity contribution in [3.05, 3.63) is 5.01 Å². The summed E-state index contributed by atoms with van der Waals surface area (Å²) in [6.07, 6.45) is 0.907. The number of amides is 1. The van der Waals surface area contributed by atoms with Crippen LogP contribution < -0.4 is 5.32 Å². The summed E-state index contributed by atoms with van der Waals surface area (Å²) < 4.78 is 0.0985. The molecule has 102 valence electrons. The molecule has 0 saturated carbocycles. The number of thioether (sulfide) groups is 1. The Morgan fingerprint density at radius 2 is 2.06 bits per heavy atom. The van der Waals surface area contributed by atoms with Crippen LogP contribution in [0, 0.1) is 5.92 Å². The van der Waals surface area contributed by atoms with Gasteiger partial charge in [0, 0.05) is 11.2 Å². The average molecular weight is 287 g/mol. The summed E-state index contributed by atoms with van der Waals surface area (Å²) in [4.78, 5) is 11.7. The molecule has 1 N–H and O–H groups in total. The Hall–Kier alpha value is -0.620. The monoisotopic (exact) mass is 287 g/mol. The van der Waals surface area contributed by atoms with Crippen molar-refractivity contribution in [3.63, 3.8) is 0 Å². The van der Waals surface area contributed by atoms with Gasteiger partial charge in [0.15, 0.2) is 0 Å². The van der Waals surface area contributed by atoms with E-state index in [4.69, 9.17) is 0 Å². The maximum Gasteiger partial charge on any atom is 0.236 e. The van der Waals surface area contributed by atoms with Gasteiger partial charge in [-0.05, 0) is 5.92 Å². The van der Waals surface area contributed by atoms with E-state index in [0.717, 1.165) is 11.4 Å². The molecule has 4 nitrogen and oxygen atoms in total. The Labute approximate surface area is 117 Å². The Morgan fingerprint density at radius 3 is 2.61 bits per heavy atom. The van der Waals surface area contributed by atoms with Gasteiger partial charge in [0.2, 0.25) is 11.0 Å². The summed E-state index contributed by atoms with van der Waals surface area (Å²) >= 11 is 3.08. The molecule has 0 spiro atoms. The smallest absolute Gasteiger partial charge is 0.236 e. The van der Waals surface area contributed by atoms with Crippen LogP contribution in [-0.4, -0.2) is 26.6 Å². The van der Waals surface area contributed by atoms with E-state index in [1.165, 1.54) is 11.3 Å². The predicted molar refractivity (Wildman–Crippen MR) is 79.3 cm³/mol. The van der Waals surface area contributed by atoms with Crippen LogP contribution in [0.3, 0.4) is 0 Å². The first-order chi connectivity index (χ1) is 8.26. The SMILES string of the molecule is CC(C)Cc1nnc(NC(=O)CSC(C)(C)C)s1. The molecule has 1 aromatic rings. The van der Waals surface area contributed by atoms with Crippen LogP contribution in [0.2, 0.25) is 0 Å². The number of hydrogen-bond donors (Lipinski definition) is 1. The van der Waals surface area contributed by atoms with Gasteiger partial charge in [-0.15, -0.1) is 22.0 Å². The molecule has 1 heterocycles. The van der Waals surface area contributed by atoms with Crippen molar-refractivity contribution in [2.24, 2.45) is 5.92 Å². The van der Waals surface area contributed by atoms with Crippen molar-refractivity contribution in [3.8, 4) is 0 Å².